The fourth-order valence-corrected chi connectivity index (χ4v) is 2.46. The Bertz CT molecular complexity index is 507. The number of nitrogens with zero attached hydrogens (tertiary/aromatic N) is 1. The van der Waals surface area contributed by atoms with Gasteiger partial charge in [0, 0.05) is 19.6 Å². The lowest BCUT2D eigenvalue weighted by atomic mass is 10.1. The lowest BCUT2D eigenvalue weighted by Crippen LogP contribution is -2.37. The van der Waals surface area contributed by atoms with Gasteiger partial charge in [-0.05, 0) is 37.5 Å². The molecular weight excluding hydrogens is 289 g/mol. The van der Waals surface area contributed by atoms with Crippen LogP contribution < -0.4 is 15.5 Å². The minimum absolute atomic E-state index is 0.0727. The highest BCUT2D eigenvalue weighted by Gasteiger charge is 2.16. The Kier molecular flexibility index (Phi) is 5.97. The lowest BCUT2D eigenvalue weighted by molar-refractivity contribution is 0.0965. The van der Waals surface area contributed by atoms with Gasteiger partial charge in [0.2, 0.25) is 0 Å². The van der Waals surface area contributed by atoms with Crippen molar-refractivity contribution in [1.82, 2.24) is 5.32 Å². The molecule has 7 heteroatoms. The first-order valence-electron chi connectivity index (χ1n) is 7.48. The van der Waals surface area contributed by atoms with Crippen LogP contribution in [0.3, 0.4) is 0 Å². The Balaban J connectivity index is 2.05. The zero-order valence-corrected chi connectivity index (χ0v) is 12.4. The van der Waals surface area contributed by atoms with Crippen LogP contribution in [0.15, 0.2) is 18.2 Å². The predicted octanol–water partition coefficient (Wildman–Crippen LogP) is 1.29. The van der Waals surface area contributed by atoms with E-state index < -0.39 is 24.6 Å². The van der Waals surface area contributed by atoms with Gasteiger partial charge in [-0.15, -0.1) is 0 Å². The molecule has 0 saturated carbocycles. The molecule has 2 amide bonds. The maximum atomic E-state index is 13.5. The van der Waals surface area contributed by atoms with Gasteiger partial charge in [-0.2, -0.15) is 0 Å². The third-order valence-corrected chi connectivity index (χ3v) is 3.61. The Hall–Kier alpha value is -1.86. The number of benzene rings is 1. The van der Waals surface area contributed by atoms with Crippen molar-refractivity contribution in [2.24, 2.45) is 0 Å². The van der Waals surface area contributed by atoms with E-state index in [-0.39, 0.29) is 6.54 Å². The minimum atomic E-state index is -1.01. The highest BCUT2D eigenvalue weighted by atomic mass is 19.1. The topological polar surface area (TPSA) is 84.8 Å². The number of urea groups is 1. The summed E-state index contributed by atoms with van der Waals surface area (Å²) >= 11 is 0. The van der Waals surface area contributed by atoms with E-state index in [9.17, 15) is 14.3 Å². The molecule has 1 aliphatic rings. The van der Waals surface area contributed by atoms with E-state index in [1.807, 2.05) is 0 Å². The number of hydrogen-bond donors (Lipinski definition) is 4. The number of aliphatic hydroxyl groups is 2. The van der Waals surface area contributed by atoms with Crippen LogP contribution in [-0.2, 0) is 0 Å². The van der Waals surface area contributed by atoms with Crippen molar-refractivity contribution in [1.29, 1.82) is 0 Å². The summed E-state index contributed by atoms with van der Waals surface area (Å²) in [7, 11) is 0. The number of hydrogen-bond acceptors (Lipinski definition) is 4. The average Bonchev–Trinajstić information content (AvgIpc) is 2.53. The highest BCUT2D eigenvalue weighted by Crippen LogP contribution is 2.29. The van der Waals surface area contributed by atoms with E-state index >= 15 is 0 Å². The standard InChI is InChI=1S/C15H22FN3O3/c16-11-4-5-14(19-6-2-1-3-7-19)13(8-11)18-15(22)17-9-12(21)10-20/h4-5,8,12,20-21H,1-3,6-7,9-10H2,(H2,17,18,22)/t12-/m0/s1. The zero-order chi connectivity index (χ0) is 15.9. The Morgan fingerprint density at radius 1 is 1.32 bits per heavy atom. The van der Waals surface area contributed by atoms with Crippen LogP contribution in [0.2, 0.25) is 0 Å². The summed E-state index contributed by atoms with van der Waals surface area (Å²) in [5.74, 6) is -0.425. The van der Waals surface area contributed by atoms with Crippen LogP contribution in [0.25, 0.3) is 0 Å². The molecule has 122 valence electrons. The van der Waals surface area contributed by atoms with Gasteiger partial charge in [0.1, 0.15) is 5.82 Å². The number of nitrogens with one attached hydrogen (secondary N) is 2. The third kappa shape index (κ3) is 4.57. The van der Waals surface area contributed by atoms with E-state index in [1.54, 1.807) is 6.07 Å². The van der Waals surface area contributed by atoms with E-state index in [0.717, 1.165) is 31.6 Å². The normalized spacial score (nSPS) is 16.2. The molecule has 0 aliphatic carbocycles. The molecule has 6 nitrogen and oxygen atoms in total. The first kappa shape index (κ1) is 16.5. The van der Waals surface area contributed by atoms with E-state index in [4.69, 9.17) is 5.11 Å². The largest absolute Gasteiger partial charge is 0.394 e. The second-order valence-corrected chi connectivity index (χ2v) is 5.38. The third-order valence-electron chi connectivity index (χ3n) is 3.61. The van der Waals surface area contributed by atoms with Crippen LogP contribution in [0, 0.1) is 5.82 Å². The van der Waals surface area contributed by atoms with Crippen molar-refractivity contribution in [3.8, 4) is 0 Å². The molecule has 1 heterocycles. The number of piperidine rings is 1. The zero-order valence-electron chi connectivity index (χ0n) is 12.4. The summed E-state index contributed by atoms with van der Waals surface area (Å²) in [6.07, 6.45) is 2.32. The first-order valence-corrected chi connectivity index (χ1v) is 7.48. The molecular formula is C15H22FN3O3. The summed E-state index contributed by atoms with van der Waals surface area (Å²) in [6, 6.07) is 3.78. The summed E-state index contributed by atoms with van der Waals surface area (Å²) in [5, 5.41) is 23.0. The number of rotatable bonds is 5. The van der Waals surface area contributed by atoms with Crippen LogP contribution >= 0.6 is 0 Å². The molecule has 1 aliphatic heterocycles. The van der Waals surface area contributed by atoms with Crippen LogP contribution in [0.5, 0.6) is 0 Å². The molecule has 4 N–H and O–H groups in total. The van der Waals surface area contributed by atoms with Gasteiger partial charge in [0.05, 0.1) is 24.1 Å². The summed E-state index contributed by atoms with van der Waals surface area (Å²) in [4.78, 5) is 13.9. The van der Waals surface area contributed by atoms with Gasteiger partial charge in [-0.25, -0.2) is 9.18 Å². The SMILES string of the molecule is O=C(NC[C@H](O)CO)Nc1cc(F)ccc1N1CCCCC1. The number of aliphatic hydroxyl groups excluding tert-OH is 2. The molecule has 22 heavy (non-hydrogen) atoms. The quantitative estimate of drug-likeness (QED) is 0.660. The predicted molar refractivity (Wildman–Crippen MR) is 82.6 cm³/mol. The maximum Gasteiger partial charge on any atom is 0.319 e. The molecule has 1 aromatic carbocycles. The Morgan fingerprint density at radius 2 is 2.05 bits per heavy atom. The van der Waals surface area contributed by atoms with Crippen molar-refractivity contribution in [3.05, 3.63) is 24.0 Å². The summed E-state index contributed by atoms with van der Waals surface area (Å²) < 4.78 is 13.5. The van der Waals surface area contributed by atoms with Crippen LogP contribution in [0.4, 0.5) is 20.6 Å². The molecule has 2 rings (SSSR count). The fourth-order valence-electron chi connectivity index (χ4n) is 2.46. The van der Waals surface area contributed by atoms with Gasteiger partial charge in [-0.1, -0.05) is 0 Å². The fraction of sp³-hybridized carbons (Fsp3) is 0.533. The van der Waals surface area contributed by atoms with E-state index in [2.05, 4.69) is 15.5 Å². The Morgan fingerprint density at radius 3 is 2.73 bits per heavy atom. The molecule has 1 saturated heterocycles. The van der Waals surface area contributed by atoms with Crippen molar-refractivity contribution < 1.29 is 19.4 Å². The number of amides is 2. The van der Waals surface area contributed by atoms with Crippen LogP contribution in [-0.4, -0.2) is 48.6 Å². The maximum absolute atomic E-state index is 13.5. The number of carbonyl (C=O) groups is 1. The number of carbonyl (C=O) groups excluding carboxylic acids is 1. The molecule has 0 bridgehead atoms. The molecule has 0 radical (unpaired) electrons. The van der Waals surface area contributed by atoms with Crippen LogP contribution in [0.1, 0.15) is 19.3 Å². The Labute approximate surface area is 128 Å². The van der Waals surface area contributed by atoms with Crippen molar-refractivity contribution in [3.63, 3.8) is 0 Å². The number of halogens is 1. The van der Waals surface area contributed by atoms with E-state index in [1.165, 1.54) is 18.6 Å². The summed E-state index contributed by atoms with van der Waals surface area (Å²) in [6.45, 7) is 1.26. The van der Waals surface area contributed by atoms with Gasteiger partial charge in [-0.3, -0.25) is 0 Å². The first-order chi connectivity index (χ1) is 10.6. The molecule has 0 unspecified atom stereocenters. The monoisotopic (exact) mass is 311 g/mol. The van der Waals surface area contributed by atoms with Gasteiger partial charge in [0.25, 0.3) is 0 Å². The molecule has 1 aromatic rings. The molecule has 1 fully saturated rings. The highest BCUT2D eigenvalue weighted by molar-refractivity contribution is 5.93. The number of anilines is 2. The van der Waals surface area contributed by atoms with Crippen molar-refractivity contribution in [2.45, 2.75) is 25.4 Å². The van der Waals surface area contributed by atoms with Gasteiger partial charge in [0.15, 0.2) is 0 Å². The van der Waals surface area contributed by atoms with Crippen molar-refractivity contribution >= 4 is 17.4 Å². The second-order valence-electron chi connectivity index (χ2n) is 5.38. The molecule has 0 aromatic heterocycles. The summed E-state index contributed by atoms with van der Waals surface area (Å²) in [5.41, 5.74) is 1.19. The van der Waals surface area contributed by atoms with Crippen molar-refractivity contribution in [2.75, 3.05) is 36.5 Å². The van der Waals surface area contributed by atoms with Gasteiger partial charge >= 0.3 is 6.03 Å². The smallest absolute Gasteiger partial charge is 0.319 e. The van der Waals surface area contributed by atoms with Gasteiger partial charge < -0.3 is 25.7 Å². The molecule has 1 atom stereocenters. The average molecular weight is 311 g/mol. The lowest BCUT2D eigenvalue weighted by Gasteiger charge is -2.30. The second kappa shape index (κ2) is 7.95. The molecule has 0 spiro atoms. The van der Waals surface area contributed by atoms with E-state index in [0.29, 0.717) is 5.69 Å². The minimum Gasteiger partial charge on any atom is -0.394 e.